The minimum Gasteiger partial charge on any atom is -0.494 e. The number of nitrogens with zero attached hydrogens (tertiary/aromatic N) is 1. The second-order valence-corrected chi connectivity index (χ2v) is 6.37. The van der Waals surface area contributed by atoms with Gasteiger partial charge in [0.1, 0.15) is 11.5 Å². The van der Waals surface area contributed by atoms with Gasteiger partial charge in [0.15, 0.2) is 6.61 Å². The Bertz CT molecular complexity index is 577. The molecule has 0 aromatic heterocycles. The average molecular weight is 363 g/mol. The van der Waals surface area contributed by atoms with Crippen molar-refractivity contribution in [1.29, 1.82) is 0 Å². The first-order chi connectivity index (χ1) is 12.6. The zero-order valence-electron chi connectivity index (χ0n) is 15.4. The molecule has 1 unspecified atom stereocenters. The summed E-state index contributed by atoms with van der Waals surface area (Å²) in [5.41, 5.74) is 5.41. The van der Waals surface area contributed by atoms with Gasteiger partial charge in [0, 0.05) is 26.2 Å². The van der Waals surface area contributed by atoms with Crippen molar-refractivity contribution in [2.75, 3.05) is 39.4 Å². The van der Waals surface area contributed by atoms with Gasteiger partial charge in [-0.1, -0.05) is 6.92 Å². The summed E-state index contributed by atoms with van der Waals surface area (Å²) in [7, 11) is 0. The molecule has 1 aromatic rings. The van der Waals surface area contributed by atoms with Crippen LogP contribution in [-0.2, 0) is 9.59 Å². The first-order valence-electron chi connectivity index (χ1n) is 9.25. The van der Waals surface area contributed by atoms with E-state index in [9.17, 15) is 9.59 Å². The summed E-state index contributed by atoms with van der Waals surface area (Å²) in [6.07, 6.45) is 2.56. The third-order valence-corrected chi connectivity index (χ3v) is 4.25. The number of hydrogen-bond acceptors (Lipinski definition) is 5. The Balaban J connectivity index is 1.78. The second kappa shape index (κ2) is 10.7. The van der Waals surface area contributed by atoms with Crippen LogP contribution in [0.15, 0.2) is 24.3 Å². The number of likely N-dealkylation sites (tertiary alicyclic amines) is 1. The van der Waals surface area contributed by atoms with Crippen LogP contribution in [-0.4, -0.2) is 56.1 Å². The Morgan fingerprint density at radius 2 is 1.92 bits per heavy atom. The van der Waals surface area contributed by atoms with Crippen molar-refractivity contribution in [2.24, 2.45) is 11.7 Å². The number of nitrogens with two attached hydrogens (primary N) is 1. The predicted molar refractivity (Wildman–Crippen MR) is 99.1 cm³/mol. The summed E-state index contributed by atoms with van der Waals surface area (Å²) in [4.78, 5) is 26.2. The molecule has 2 amide bonds. The number of carbonyl (C=O) groups is 2. The number of benzene rings is 1. The van der Waals surface area contributed by atoms with Gasteiger partial charge in [0.2, 0.25) is 5.91 Å². The largest absolute Gasteiger partial charge is 0.494 e. The lowest BCUT2D eigenvalue weighted by Crippen LogP contribution is -2.47. The fraction of sp³-hybridized carbons (Fsp3) is 0.579. The highest BCUT2D eigenvalue weighted by Crippen LogP contribution is 2.19. The first kappa shape index (κ1) is 20.0. The van der Waals surface area contributed by atoms with E-state index in [2.05, 4.69) is 12.2 Å². The van der Waals surface area contributed by atoms with E-state index in [0.29, 0.717) is 38.5 Å². The van der Waals surface area contributed by atoms with E-state index >= 15 is 0 Å². The lowest BCUT2D eigenvalue weighted by atomic mass is 9.97. The van der Waals surface area contributed by atoms with Gasteiger partial charge < -0.3 is 25.4 Å². The van der Waals surface area contributed by atoms with E-state index in [-0.39, 0.29) is 24.3 Å². The number of amides is 2. The van der Waals surface area contributed by atoms with E-state index in [1.54, 1.807) is 17.0 Å². The monoisotopic (exact) mass is 363 g/mol. The van der Waals surface area contributed by atoms with E-state index in [1.807, 2.05) is 12.1 Å². The van der Waals surface area contributed by atoms with Crippen LogP contribution in [0.3, 0.4) is 0 Å². The molecule has 2 rings (SSSR count). The van der Waals surface area contributed by atoms with Crippen molar-refractivity contribution >= 4 is 11.8 Å². The lowest BCUT2D eigenvalue weighted by Gasteiger charge is -2.32. The van der Waals surface area contributed by atoms with Crippen LogP contribution >= 0.6 is 0 Å². The maximum Gasteiger partial charge on any atom is 0.260 e. The molecular weight excluding hydrogens is 334 g/mol. The smallest absolute Gasteiger partial charge is 0.260 e. The minimum atomic E-state index is -0.172. The first-order valence-corrected chi connectivity index (χ1v) is 9.25. The molecule has 1 aliphatic rings. The number of hydrogen-bond donors (Lipinski definition) is 2. The van der Waals surface area contributed by atoms with E-state index in [0.717, 1.165) is 25.0 Å². The van der Waals surface area contributed by atoms with Crippen LogP contribution in [0.5, 0.6) is 11.5 Å². The van der Waals surface area contributed by atoms with Crippen LogP contribution in [0.25, 0.3) is 0 Å². The van der Waals surface area contributed by atoms with Crippen LogP contribution in [0.2, 0.25) is 0 Å². The average Bonchev–Trinajstić information content (AvgIpc) is 2.69. The molecule has 1 heterocycles. The molecule has 1 aromatic carbocycles. The van der Waals surface area contributed by atoms with Crippen molar-refractivity contribution in [2.45, 2.75) is 26.2 Å². The normalized spacial score (nSPS) is 16.8. The van der Waals surface area contributed by atoms with Crippen molar-refractivity contribution in [1.82, 2.24) is 10.2 Å². The van der Waals surface area contributed by atoms with Gasteiger partial charge in [0.25, 0.3) is 5.91 Å². The Morgan fingerprint density at radius 1 is 1.23 bits per heavy atom. The van der Waals surface area contributed by atoms with Crippen molar-refractivity contribution in [3.8, 4) is 11.5 Å². The molecule has 0 spiro atoms. The summed E-state index contributed by atoms with van der Waals surface area (Å²) in [5, 5.41) is 2.79. The third kappa shape index (κ3) is 6.22. The van der Waals surface area contributed by atoms with Crippen molar-refractivity contribution in [3.05, 3.63) is 24.3 Å². The second-order valence-electron chi connectivity index (χ2n) is 6.37. The number of carbonyl (C=O) groups excluding carboxylic acids is 2. The van der Waals surface area contributed by atoms with Gasteiger partial charge in [-0.25, -0.2) is 0 Å². The molecule has 1 fully saturated rings. The molecule has 0 saturated carbocycles. The van der Waals surface area contributed by atoms with E-state index < -0.39 is 0 Å². The molecule has 144 valence electrons. The molecule has 0 bridgehead atoms. The molecule has 7 heteroatoms. The summed E-state index contributed by atoms with van der Waals surface area (Å²) in [5.74, 6) is 1.10. The molecule has 0 radical (unpaired) electrons. The zero-order chi connectivity index (χ0) is 18.8. The lowest BCUT2D eigenvalue weighted by molar-refractivity contribution is -0.137. The maximum atomic E-state index is 12.4. The molecule has 3 N–H and O–H groups in total. The molecule has 1 aliphatic heterocycles. The van der Waals surface area contributed by atoms with Gasteiger partial charge in [-0.05, 0) is 43.5 Å². The molecule has 1 atom stereocenters. The standard InChI is InChI=1S/C19H29N3O4/c1-2-12-25-16-5-7-17(8-6-16)26-14-18(23)22-11-3-4-15(13-22)19(24)21-10-9-20/h5-8,15H,2-4,9-14,20H2,1H3,(H,21,24). The number of ether oxygens (including phenoxy) is 2. The van der Waals surface area contributed by atoms with E-state index in [1.165, 1.54) is 0 Å². The SMILES string of the molecule is CCCOc1ccc(OCC(=O)N2CCCC(C(=O)NCCN)C2)cc1. The Morgan fingerprint density at radius 3 is 2.58 bits per heavy atom. The molecule has 26 heavy (non-hydrogen) atoms. The van der Waals surface area contributed by atoms with Crippen LogP contribution < -0.4 is 20.5 Å². The summed E-state index contributed by atoms with van der Waals surface area (Å²) in [6, 6.07) is 7.23. The highest BCUT2D eigenvalue weighted by atomic mass is 16.5. The summed E-state index contributed by atoms with van der Waals surface area (Å²) < 4.78 is 11.1. The van der Waals surface area contributed by atoms with Crippen LogP contribution in [0.1, 0.15) is 26.2 Å². The molecule has 0 aliphatic carbocycles. The van der Waals surface area contributed by atoms with Gasteiger partial charge in [0.05, 0.1) is 12.5 Å². The topological polar surface area (TPSA) is 93.9 Å². The van der Waals surface area contributed by atoms with Gasteiger partial charge >= 0.3 is 0 Å². The highest BCUT2D eigenvalue weighted by Gasteiger charge is 2.28. The summed E-state index contributed by atoms with van der Waals surface area (Å²) >= 11 is 0. The van der Waals surface area contributed by atoms with Crippen molar-refractivity contribution in [3.63, 3.8) is 0 Å². The Labute approximate surface area is 154 Å². The minimum absolute atomic E-state index is 0.0310. The fourth-order valence-corrected chi connectivity index (χ4v) is 2.85. The fourth-order valence-electron chi connectivity index (χ4n) is 2.85. The number of nitrogens with one attached hydrogen (secondary N) is 1. The van der Waals surface area contributed by atoms with Gasteiger partial charge in [-0.3, -0.25) is 9.59 Å². The summed E-state index contributed by atoms with van der Waals surface area (Å²) in [6.45, 7) is 4.66. The maximum absolute atomic E-state index is 12.4. The number of rotatable bonds is 9. The molecular formula is C19H29N3O4. The zero-order valence-corrected chi connectivity index (χ0v) is 15.4. The Hall–Kier alpha value is -2.28. The van der Waals surface area contributed by atoms with Crippen LogP contribution in [0.4, 0.5) is 0 Å². The van der Waals surface area contributed by atoms with E-state index in [4.69, 9.17) is 15.2 Å². The highest BCUT2D eigenvalue weighted by molar-refractivity contribution is 5.82. The molecule has 1 saturated heterocycles. The van der Waals surface area contributed by atoms with Crippen molar-refractivity contribution < 1.29 is 19.1 Å². The van der Waals surface area contributed by atoms with Crippen LogP contribution in [0, 0.1) is 5.92 Å². The quantitative estimate of drug-likeness (QED) is 0.687. The predicted octanol–water partition coefficient (Wildman–Crippen LogP) is 1.17. The Kier molecular flexibility index (Phi) is 8.21. The number of piperidine rings is 1. The molecule has 7 nitrogen and oxygen atoms in total. The van der Waals surface area contributed by atoms with Gasteiger partial charge in [-0.15, -0.1) is 0 Å². The third-order valence-electron chi connectivity index (χ3n) is 4.25. The van der Waals surface area contributed by atoms with Gasteiger partial charge in [-0.2, -0.15) is 0 Å².